The van der Waals surface area contributed by atoms with Crippen LogP contribution in [0.2, 0.25) is 0 Å². The van der Waals surface area contributed by atoms with Crippen LogP contribution >= 0.6 is 0 Å². The largest absolute Gasteiger partial charge is 0.494 e. The van der Waals surface area contributed by atoms with Crippen LogP contribution in [0.25, 0.3) is 0 Å². The third-order valence-electron chi connectivity index (χ3n) is 3.32. The zero-order valence-corrected chi connectivity index (χ0v) is 12.1. The summed E-state index contributed by atoms with van der Waals surface area (Å²) in [6.07, 6.45) is 0. The van der Waals surface area contributed by atoms with Gasteiger partial charge in [0.2, 0.25) is 0 Å². The second kappa shape index (κ2) is 6.53. The van der Waals surface area contributed by atoms with Crippen LogP contribution in [0.4, 0.5) is 4.39 Å². The lowest BCUT2D eigenvalue weighted by Gasteiger charge is -2.18. The molecule has 2 rings (SSSR count). The molecular weight excluding hydrogens is 253 g/mol. The van der Waals surface area contributed by atoms with Crippen molar-refractivity contribution in [1.82, 2.24) is 5.32 Å². The van der Waals surface area contributed by atoms with Crippen molar-refractivity contribution in [3.05, 3.63) is 65.0 Å². The van der Waals surface area contributed by atoms with E-state index in [0.29, 0.717) is 12.2 Å². The standard InChI is InChI=1S/C17H20FNO/c1-4-20-15-7-5-6-13(10-15)17(19-3)14-9-8-12(2)16(18)11-14/h5-11,17,19H,4H2,1-3H3. The Labute approximate surface area is 119 Å². The molecule has 1 N–H and O–H groups in total. The number of halogens is 1. The summed E-state index contributed by atoms with van der Waals surface area (Å²) in [5.41, 5.74) is 2.62. The molecule has 0 amide bonds. The van der Waals surface area contributed by atoms with Gasteiger partial charge < -0.3 is 10.1 Å². The molecule has 2 nitrogen and oxygen atoms in total. The fraction of sp³-hybridized carbons (Fsp3) is 0.294. The summed E-state index contributed by atoms with van der Waals surface area (Å²) in [7, 11) is 1.87. The lowest BCUT2D eigenvalue weighted by molar-refractivity contribution is 0.339. The minimum Gasteiger partial charge on any atom is -0.494 e. The Morgan fingerprint density at radius 3 is 2.55 bits per heavy atom. The quantitative estimate of drug-likeness (QED) is 0.893. The summed E-state index contributed by atoms with van der Waals surface area (Å²) in [6.45, 7) is 4.35. The molecule has 1 atom stereocenters. The Bertz CT molecular complexity index is 583. The van der Waals surface area contributed by atoms with E-state index in [9.17, 15) is 4.39 Å². The first-order valence-electron chi connectivity index (χ1n) is 6.81. The van der Waals surface area contributed by atoms with E-state index in [1.165, 1.54) is 0 Å². The van der Waals surface area contributed by atoms with Gasteiger partial charge in [0, 0.05) is 0 Å². The molecule has 0 aliphatic heterocycles. The summed E-state index contributed by atoms with van der Waals surface area (Å²) in [4.78, 5) is 0. The maximum absolute atomic E-state index is 13.7. The number of nitrogens with one attached hydrogen (secondary N) is 1. The van der Waals surface area contributed by atoms with Crippen molar-refractivity contribution in [3.8, 4) is 5.75 Å². The van der Waals surface area contributed by atoms with Crippen LogP contribution in [0.3, 0.4) is 0 Å². The van der Waals surface area contributed by atoms with E-state index in [-0.39, 0.29) is 11.9 Å². The highest BCUT2D eigenvalue weighted by molar-refractivity contribution is 5.37. The van der Waals surface area contributed by atoms with Gasteiger partial charge >= 0.3 is 0 Å². The zero-order chi connectivity index (χ0) is 14.5. The van der Waals surface area contributed by atoms with Crippen LogP contribution in [-0.4, -0.2) is 13.7 Å². The fourth-order valence-corrected chi connectivity index (χ4v) is 2.27. The van der Waals surface area contributed by atoms with Crippen molar-refractivity contribution in [1.29, 1.82) is 0 Å². The van der Waals surface area contributed by atoms with Gasteiger partial charge in [0.1, 0.15) is 11.6 Å². The minimum absolute atomic E-state index is 0.0505. The number of ether oxygens (including phenoxy) is 1. The van der Waals surface area contributed by atoms with E-state index < -0.39 is 0 Å². The first-order valence-corrected chi connectivity index (χ1v) is 6.81. The maximum atomic E-state index is 13.7. The van der Waals surface area contributed by atoms with Crippen molar-refractivity contribution in [2.24, 2.45) is 0 Å². The molecule has 0 heterocycles. The molecule has 20 heavy (non-hydrogen) atoms. The molecule has 0 aliphatic rings. The lowest BCUT2D eigenvalue weighted by Crippen LogP contribution is -2.18. The molecule has 0 bridgehead atoms. The van der Waals surface area contributed by atoms with Gasteiger partial charge in [-0.15, -0.1) is 0 Å². The molecule has 0 spiro atoms. The molecule has 0 saturated carbocycles. The number of rotatable bonds is 5. The van der Waals surface area contributed by atoms with Crippen LogP contribution in [0.1, 0.15) is 29.7 Å². The van der Waals surface area contributed by atoms with Crippen LogP contribution in [0, 0.1) is 12.7 Å². The van der Waals surface area contributed by atoms with Gasteiger partial charge in [0.05, 0.1) is 12.6 Å². The molecule has 0 fully saturated rings. The topological polar surface area (TPSA) is 21.3 Å². The Hall–Kier alpha value is -1.87. The Morgan fingerprint density at radius 1 is 1.15 bits per heavy atom. The highest BCUT2D eigenvalue weighted by Crippen LogP contribution is 2.26. The molecule has 0 saturated heterocycles. The van der Waals surface area contributed by atoms with E-state index >= 15 is 0 Å². The van der Waals surface area contributed by atoms with Crippen LogP contribution < -0.4 is 10.1 Å². The fourth-order valence-electron chi connectivity index (χ4n) is 2.27. The van der Waals surface area contributed by atoms with Gasteiger partial charge in [-0.1, -0.05) is 24.3 Å². The molecular formula is C17H20FNO. The van der Waals surface area contributed by atoms with Crippen molar-refractivity contribution in [3.63, 3.8) is 0 Å². The van der Waals surface area contributed by atoms with Crippen LogP contribution in [0.5, 0.6) is 5.75 Å². The van der Waals surface area contributed by atoms with E-state index in [0.717, 1.165) is 16.9 Å². The van der Waals surface area contributed by atoms with Crippen LogP contribution in [-0.2, 0) is 0 Å². The van der Waals surface area contributed by atoms with Gasteiger partial charge in [0.25, 0.3) is 0 Å². The highest BCUT2D eigenvalue weighted by Gasteiger charge is 2.14. The van der Waals surface area contributed by atoms with Crippen molar-refractivity contribution in [2.75, 3.05) is 13.7 Å². The third-order valence-corrected chi connectivity index (χ3v) is 3.32. The van der Waals surface area contributed by atoms with E-state index in [1.807, 2.05) is 44.3 Å². The summed E-state index contributed by atoms with van der Waals surface area (Å²) in [5, 5.41) is 3.23. The molecule has 0 radical (unpaired) electrons. The van der Waals surface area contributed by atoms with Crippen molar-refractivity contribution >= 4 is 0 Å². The SMILES string of the molecule is CCOc1cccc(C(NC)c2ccc(C)c(F)c2)c1. The maximum Gasteiger partial charge on any atom is 0.126 e. The molecule has 106 valence electrons. The van der Waals surface area contributed by atoms with E-state index in [2.05, 4.69) is 5.32 Å². The second-order valence-corrected chi connectivity index (χ2v) is 4.74. The zero-order valence-electron chi connectivity index (χ0n) is 12.1. The highest BCUT2D eigenvalue weighted by atomic mass is 19.1. The first kappa shape index (κ1) is 14.5. The van der Waals surface area contributed by atoms with Gasteiger partial charge in [-0.2, -0.15) is 0 Å². The molecule has 1 unspecified atom stereocenters. The van der Waals surface area contributed by atoms with E-state index in [1.54, 1.807) is 19.1 Å². The third kappa shape index (κ3) is 3.17. The first-order chi connectivity index (χ1) is 9.65. The normalized spacial score (nSPS) is 12.2. The molecule has 0 aromatic heterocycles. The van der Waals surface area contributed by atoms with Gasteiger partial charge in [0.15, 0.2) is 0 Å². The minimum atomic E-state index is -0.177. The van der Waals surface area contributed by atoms with Gasteiger partial charge in [-0.3, -0.25) is 0 Å². The number of hydrogen-bond acceptors (Lipinski definition) is 2. The van der Waals surface area contributed by atoms with Crippen molar-refractivity contribution < 1.29 is 9.13 Å². The average Bonchev–Trinajstić information content (AvgIpc) is 2.44. The summed E-state index contributed by atoms with van der Waals surface area (Å²) >= 11 is 0. The number of aryl methyl sites for hydroxylation is 1. The summed E-state index contributed by atoms with van der Waals surface area (Å²) in [5.74, 6) is 0.654. The Kier molecular flexibility index (Phi) is 4.74. The molecule has 2 aromatic rings. The Balaban J connectivity index is 2.36. The predicted octanol–water partition coefficient (Wildman–Crippen LogP) is 3.84. The summed E-state index contributed by atoms with van der Waals surface area (Å²) in [6, 6.07) is 13.2. The van der Waals surface area contributed by atoms with E-state index in [4.69, 9.17) is 4.74 Å². The number of hydrogen-bond donors (Lipinski definition) is 1. The Morgan fingerprint density at radius 2 is 1.90 bits per heavy atom. The smallest absolute Gasteiger partial charge is 0.126 e. The average molecular weight is 273 g/mol. The molecule has 2 aromatic carbocycles. The lowest BCUT2D eigenvalue weighted by atomic mass is 9.97. The second-order valence-electron chi connectivity index (χ2n) is 4.74. The molecule has 0 aliphatic carbocycles. The monoisotopic (exact) mass is 273 g/mol. The van der Waals surface area contributed by atoms with Crippen LogP contribution in [0.15, 0.2) is 42.5 Å². The predicted molar refractivity (Wildman–Crippen MR) is 79.7 cm³/mol. The van der Waals surface area contributed by atoms with Gasteiger partial charge in [-0.05, 0) is 55.8 Å². The van der Waals surface area contributed by atoms with Crippen molar-refractivity contribution in [2.45, 2.75) is 19.9 Å². The number of benzene rings is 2. The molecule has 3 heteroatoms. The van der Waals surface area contributed by atoms with Gasteiger partial charge in [-0.25, -0.2) is 4.39 Å². The summed E-state index contributed by atoms with van der Waals surface area (Å²) < 4.78 is 19.3.